The van der Waals surface area contributed by atoms with E-state index in [2.05, 4.69) is 0 Å². The molecule has 1 amide bonds. The second-order valence-electron chi connectivity index (χ2n) is 4.29. The number of hydrogen-bond donors (Lipinski definition) is 3. The van der Waals surface area contributed by atoms with Gasteiger partial charge in [-0.1, -0.05) is 48.5 Å². The molecule has 2 aromatic rings. The number of carbonyl (C=O) groups excluding carboxylic acids is 1. The van der Waals surface area contributed by atoms with E-state index in [1.165, 1.54) is 6.08 Å². The van der Waals surface area contributed by atoms with Gasteiger partial charge < -0.3 is 16.9 Å². The molecule has 0 fully saturated rings. The van der Waals surface area contributed by atoms with Gasteiger partial charge in [-0.05, 0) is 17.7 Å². The van der Waals surface area contributed by atoms with E-state index >= 15 is 0 Å². The van der Waals surface area contributed by atoms with Crippen LogP contribution in [0.25, 0.3) is 5.70 Å². The van der Waals surface area contributed by atoms with Crippen molar-refractivity contribution < 1.29 is 4.79 Å². The van der Waals surface area contributed by atoms with Crippen molar-refractivity contribution in [1.82, 2.24) is 0 Å². The molecular weight excluding hydrogens is 250 g/mol. The summed E-state index contributed by atoms with van der Waals surface area (Å²) in [6.45, 7) is 0. The van der Waals surface area contributed by atoms with E-state index in [9.17, 15) is 4.79 Å². The largest absolute Gasteiger partial charge is 0.398 e. The average Bonchev–Trinajstić information content (AvgIpc) is 2.48. The fourth-order valence-corrected chi connectivity index (χ4v) is 1.88. The quantitative estimate of drug-likeness (QED) is 0.739. The van der Waals surface area contributed by atoms with Crippen LogP contribution < -0.4 is 11.5 Å². The smallest absolute Gasteiger partial charge is 0.249 e. The number of hydrogen-bond acceptors (Lipinski definition) is 3. The normalized spacial score (nSPS) is 11.1. The first-order valence-corrected chi connectivity index (χ1v) is 6.10. The molecule has 2 aromatic carbocycles. The van der Waals surface area contributed by atoms with Crippen LogP contribution in [0.5, 0.6) is 0 Å². The zero-order valence-electron chi connectivity index (χ0n) is 10.8. The van der Waals surface area contributed by atoms with Crippen LogP contribution in [-0.2, 0) is 0 Å². The van der Waals surface area contributed by atoms with Crippen molar-refractivity contribution in [3.05, 3.63) is 77.4 Å². The standard InChI is InChI=1S/C16H15N3O/c17-14(11-6-2-1-3-7-11)10-15(18)12-8-4-5-9-13(12)16(19)20/h1-10,18H,17H2,(H2,19,20)/b14-10-,18-15?. The van der Waals surface area contributed by atoms with E-state index in [0.29, 0.717) is 16.8 Å². The summed E-state index contributed by atoms with van der Waals surface area (Å²) in [7, 11) is 0. The third-order valence-electron chi connectivity index (χ3n) is 2.89. The summed E-state index contributed by atoms with van der Waals surface area (Å²) in [5, 5.41) is 8.08. The van der Waals surface area contributed by atoms with Gasteiger partial charge in [-0.3, -0.25) is 4.79 Å². The summed E-state index contributed by atoms with van der Waals surface area (Å²) < 4.78 is 0. The van der Waals surface area contributed by atoms with Crippen molar-refractivity contribution in [3.8, 4) is 0 Å². The zero-order valence-corrected chi connectivity index (χ0v) is 10.8. The Bertz CT molecular complexity index is 675. The van der Waals surface area contributed by atoms with Crippen molar-refractivity contribution in [1.29, 1.82) is 5.41 Å². The lowest BCUT2D eigenvalue weighted by atomic mass is 10.0. The van der Waals surface area contributed by atoms with Crippen LogP contribution in [0.4, 0.5) is 0 Å². The van der Waals surface area contributed by atoms with Crippen molar-refractivity contribution >= 4 is 17.3 Å². The molecule has 5 N–H and O–H groups in total. The Labute approximate surface area is 117 Å². The monoisotopic (exact) mass is 265 g/mol. The zero-order chi connectivity index (χ0) is 14.5. The first-order valence-electron chi connectivity index (χ1n) is 6.10. The maximum Gasteiger partial charge on any atom is 0.249 e. The molecule has 0 heterocycles. The summed E-state index contributed by atoms with van der Waals surface area (Å²) in [5.41, 5.74) is 13.5. The number of nitrogens with two attached hydrogens (primary N) is 2. The van der Waals surface area contributed by atoms with Gasteiger partial charge in [0.15, 0.2) is 0 Å². The molecule has 0 saturated heterocycles. The van der Waals surface area contributed by atoms with E-state index < -0.39 is 5.91 Å². The van der Waals surface area contributed by atoms with Crippen LogP contribution in [0.3, 0.4) is 0 Å². The summed E-state index contributed by atoms with van der Waals surface area (Å²) in [4.78, 5) is 11.4. The van der Waals surface area contributed by atoms with Gasteiger partial charge in [-0.2, -0.15) is 0 Å². The second kappa shape index (κ2) is 5.84. The molecule has 20 heavy (non-hydrogen) atoms. The molecule has 0 spiro atoms. The molecule has 0 radical (unpaired) electrons. The molecule has 0 aliphatic carbocycles. The third kappa shape index (κ3) is 2.92. The van der Waals surface area contributed by atoms with Crippen LogP contribution >= 0.6 is 0 Å². The summed E-state index contributed by atoms with van der Waals surface area (Å²) in [6.07, 6.45) is 1.52. The molecular formula is C16H15N3O. The number of nitrogens with one attached hydrogen (secondary N) is 1. The van der Waals surface area contributed by atoms with Crippen molar-refractivity contribution in [2.24, 2.45) is 11.5 Å². The third-order valence-corrected chi connectivity index (χ3v) is 2.89. The van der Waals surface area contributed by atoms with E-state index in [1.54, 1.807) is 24.3 Å². The maximum atomic E-state index is 11.4. The van der Waals surface area contributed by atoms with Gasteiger partial charge in [-0.15, -0.1) is 0 Å². The highest BCUT2D eigenvalue weighted by atomic mass is 16.1. The predicted molar refractivity (Wildman–Crippen MR) is 80.4 cm³/mol. The predicted octanol–water partition coefficient (Wildman–Crippen LogP) is 2.15. The van der Waals surface area contributed by atoms with Gasteiger partial charge in [0.2, 0.25) is 5.91 Å². The van der Waals surface area contributed by atoms with E-state index in [1.807, 2.05) is 30.3 Å². The fourth-order valence-electron chi connectivity index (χ4n) is 1.88. The van der Waals surface area contributed by atoms with Crippen molar-refractivity contribution in [2.75, 3.05) is 0 Å². The van der Waals surface area contributed by atoms with Gasteiger partial charge in [0, 0.05) is 16.8 Å². The SMILES string of the molecule is N=C(/C=C(\N)c1ccccc1)c1ccccc1C(N)=O. The van der Waals surface area contributed by atoms with E-state index in [-0.39, 0.29) is 5.71 Å². The Hall–Kier alpha value is -2.88. The highest BCUT2D eigenvalue weighted by Crippen LogP contribution is 2.13. The van der Waals surface area contributed by atoms with Gasteiger partial charge in [-0.25, -0.2) is 0 Å². The lowest BCUT2D eigenvalue weighted by Gasteiger charge is -2.06. The first kappa shape index (κ1) is 13.5. The van der Waals surface area contributed by atoms with Crippen LogP contribution in [0, 0.1) is 5.41 Å². The van der Waals surface area contributed by atoms with Crippen LogP contribution in [-0.4, -0.2) is 11.6 Å². The second-order valence-corrected chi connectivity index (χ2v) is 4.29. The van der Waals surface area contributed by atoms with E-state index in [4.69, 9.17) is 16.9 Å². The molecule has 0 unspecified atom stereocenters. The Balaban J connectivity index is 2.36. The van der Waals surface area contributed by atoms with Gasteiger partial charge in [0.1, 0.15) is 0 Å². The molecule has 0 saturated carbocycles. The molecule has 0 atom stereocenters. The van der Waals surface area contributed by atoms with E-state index in [0.717, 1.165) is 5.56 Å². The van der Waals surface area contributed by atoms with Crippen LogP contribution in [0.2, 0.25) is 0 Å². The molecule has 4 heteroatoms. The summed E-state index contributed by atoms with van der Waals surface area (Å²) in [5.74, 6) is -0.558. The lowest BCUT2D eigenvalue weighted by molar-refractivity contribution is 0.1000. The maximum absolute atomic E-state index is 11.4. The van der Waals surface area contributed by atoms with Crippen molar-refractivity contribution in [3.63, 3.8) is 0 Å². The minimum atomic E-state index is -0.558. The Morgan fingerprint density at radius 3 is 2.05 bits per heavy atom. The Morgan fingerprint density at radius 2 is 1.45 bits per heavy atom. The minimum Gasteiger partial charge on any atom is -0.398 e. The number of primary amides is 1. The molecule has 0 aliphatic heterocycles. The van der Waals surface area contributed by atoms with Gasteiger partial charge in [0.25, 0.3) is 0 Å². The van der Waals surface area contributed by atoms with Gasteiger partial charge in [0.05, 0.1) is 5.71 Å². The van der Waals surface area contributed by atoms with Crippen LogP contribution in [0.15, 0.2) is 60.7 Å². The number of benzene rings is 2. The highest BCUT2D eigenvalue weighted by molar-refractivity contribution is 6.15. The fraction of sp³-hybridized carbons (Fsp3) is 0. The Kier molecular flexibility index (Phi) is 3.96. The molecule has 4 nitrogen and oxygen atoms in total. The first-order chi connectivity index (χ1) is 9.59. The number of amides is 1. The number of carbonyl (C=O) groups is 1. The van der Waals surface area contributed by atoms with Crippen molar-refractivity contribution in [2.45, 2.75) is 0 Å². The average molecular weight is 265 g/mol. The molecule has 2 rings (SSSR count). The Morgan fingerprint density at radius 1 is 0.900 bits per heavy atom. The number of allylic oxidation sites excluding steroid dienone is 1. The molecule has 0 bridgehead atoms. The number of rotatable bonds is 4. The van der Waals surface area contributed by atoms with Gasteiger partial charge >= 0.3 is 0 Å². The molecule has 100 valence electrons. The highest BCUT2D eigenvalue weighted by Gasteiger charge is 2.10. The van der Waals surface area contributed by atoms with Crippen LogP contribution in [0.1, 0.15) is 21.5 Å². The molecule has 0 aromatic heterocycles. The molecule has 0 aliphatic rings. The lowest BCUT2D eigenvalue weighted by Crippen LogP contribution is -2.16. The summed E-state index contributed by atoms with van der Waals surface area (Å²) >= 11 is 0. The summed E-state index contributed by atoms with van der Waals surface area (Å²) in [6, 6.07) is 16.1. The topological polar surface area (TPSA) is 93.0 Å². The minimum absolute atomic E-state index is 0.153.